The van der Waals surface area contributed by atoms with Crippen LogP contribution in [-0.2, 0) is 6.18 Å². The average Bonchev–Trinajstić information content (AvgIpc) is 3.36. The number of alkyl halides is 3. The molecule has 10 heteroatoms. The van der Waals surface area contributed by atoms with Crippen LogP contribution in [0.25, 0.3) is 5.70 Å². The van der Waals surface area contributed by atoms with Crippen LogP contribution in [0.5, 0.6) is 0 Å². The van der Waals surface area contributed by atoms with Gasteiger partial charge in [0.1, 0.15) is 11.5 Å². The van der Waals surface area contributed by atoms with Crippen LogP contribution in [0, 0.1) is 5.92 Å². The summed E-state index contributed by atoms with van der Waals surface area (Å²) in [4.78, 5) is 16.0. The van der Waals surface area contributed by atoms with Gasteiger partial charge in [0.2, 0.25) is 0 Å². The highest BCUT2D eigenvalue weighted by atomic mass is 32.1. The van der Waals surface area contributed by atoms with Crippen LogP contribution in [-0.4, -0.2) is 17.4 Å². The minimum atomic E-state index is -4.43. The van der Waals surface area contributed by atoms with Crippen molar-refractivity contribution >= 4 is 28.6 Å². The maximum atomic E-state index is 13.3. The van der Waals surface area contributed by atoms with E-state index in [4.69, 9.17) is 0 Å². The highest BCUT2D eigenvalue weighted by Gasteiger charge is 2.34. The predicted octanol–water partition coefficient (Wildman–Crippen LogP) is 3.70. The fourth-order valence-corrected chi connectivity index (χ4v) is 3.35. The van der Waals surface area contributed by atoms with Crippen LogP contribution in [0.3, 0.4) is 0 Å². The summed E-state index contributed by atoms with van der Waals surface area (Å²) in [6, 6.07) is 3.98. The molecule has 1 aromatic heterocycles. The van der Waals surface area contributed by atoms with Gasteiger partial charge in [0.15, 0.2) is 0 Å². The molecule has 29 heavy (non-hydrogen) atoms. The van der Waals surface area contributed by atoms with E-state index in [0.717, 1.165) is 18.9 Å². The summed E-state index contributed by atoms with van der Waals surface area (Å²) >= 11 is 1.32. The van der Waals surface area contributed by atoms with Crippen LogP contribution < -0.4 is 21.5 Å². The highest BCUT2D eigenvalue weighted by molar-refractivity contribution is 7.07. The van der Waals surface area contributed by atoms with E-state index in [9.17, 15) is 18.0 Å². The number of aromatic nitrogens is 1. The van der Waals surface area contributed by atoms with Crippen molar-refractivity contribution < 1.29 is 18.0 Å². The molecular weight excluding hydrogens is 403 g/mol. The Morgan fingerprint density at radius 2 is 2.07 bits per heavy atom. The van der Waals surface area contributed by atoms with Crippen molar-refractivity contribution in [3.05, 3.63) is 63.9 Å². The zero-order valence-electron chi connectivity index (χ0n) is 15.1. The Labute approximate surface area is 168 Å². The van der Waals surface area contributed by atoms with E-state index in [0.29, 0.717) is 35.2 Å². The summed E-state index contributed by atoms with van der Waals surface area (Å²) in [7, 11) is 0. The minimum absolute atomic E-state index is 0.0659. The zero-order chi connectivity index (χ0) is 20.4. The van der Waals surface area contributed by atoms with Crippen LogP contribution in [0.1, 0.15) is 34.5 Å². The number of carbonyl (C=O) groups excluding carboxylic acids is 1. The predicted molar refractivity (Wildman–Crippen MR) is 105 cm³/mol. The maximum Gasteiger partial charge on any atom is 0.418 e. The van der Waals surface area contributed by atoms with Crippen molar-refractivity contribution in [2.75, 3.05) is 11.9 Å². The molecular formula is C19H18F3N5OS. The molecule has 2 aromatic rings. The molecule has 0 radical (unpaired) electrons. The molecule has 1 saturated carbocycles. The zero-order valence-corrected chi connectivity index (χ0v) is 16.0. The molecule has 1 fully saturated rings. The van der Waals surface area contributed by atoms with E-state index in [2.05, 4.69) is 26.5 Å². The standard InChI is InChI=1S/C19H18F3N5OS/c20-19(21,22)13-4-3-12(7-15(13)23-8-11-1-2-11)14-5-6-17(27-26-14)25-18(28)16-9-29-10-24-16/h3-7,9-11,23,26-27H,1-2,8H2,(H,25,28). The van der Waals surface area contributed by atoms with E-state index in [1.54, 1.807) is 23.0 Å². The van der Waals surface area contributed by atoms with Gasteiger partial charge in [-0.3, -0.25) is 15.6 Å². The molecule has 1 aromatic carbocycles. The molecule has 152 valence electrons. The second-order valence-electron chi connectivity index (χ2n) is 6.82. The first-order valence-electron chi connectivity index (χ1n) is 8.99. The van der Waals surface area contributed by atoms with Crippen molar-refractivity contribution in [3.8, 4) is 0 Å². The van der Waals surface area contributed by atoms with E-state index < -0.39 is 11.7 Å². The van der Waals surface area contributed by atoms with Gasteiger partial charge >= 0.3 is 6.18 Å². The van der Waals surface area contributed by atoms with Crippen LogP contribution in [0.15, 0.2) is 47.1 Å². The molecule has 0 saturated heterocycles. The molecule has 0 spiro atoms. The number of allylic oxidation sites excluding steroid dienone is 2. The van der Waals surface area contributed by atoms with Gasteiger partial charge in [-0.25, -0.2) is 4.98 Å². The number of hydrogen-bond acceptors (Lipinski definition) is 6. The molecule has 0 bridgehead atoms. The Kier molecular flexibility index (Phi) is 5.18. The molecule has 1 aliphatic heterocycles. The lowest BCUT2D eigenvalue weighted by molar-refractivity contribution is -0.137. The van der Waals surface area contributed by atoms with Gasteiger partial charge in [0.05, 0.1) is 16.8 Å². The Morgan fingerprint density at radius 3 is 2.69 bits per heavy atom. The van der Waals surface area contributed by atoms with E-state index in [1.807, 2.05) is 0 Å². The monoisotopic (exact) mass is 421 g/mol. The molecule has 0 unspecified atom stereocenters. The van der Waals surface area contributed by atoms with Gasteiger partial charge in [-0.1, -0.05) is 6.07 Å². The van der Waals surface area contributed by atoms with Gasteiger partial charge in [0, 0.05) is 23.2 Å². The fourth-order valence-electron chi connectivity index (χ4n) is 2.82. The topological polar surface area (TPSA) is 78.1 Å². The Hall–Kier alpha value is -3.01. The van der Waals surface area contributed by atoms with E-state index in [1.165, 1.54) is 23.5 Å². The van der Waals surface area contributed by atoms with Crippen LogP contribution in [0.2, 0.25) is 0 Å². The Balaban J connectivity index is 1.51. The van der Waals surface area contributed by atoms with Crippen molar-refractivity contribution in [3.63, 3.8) is 0 Å². The first-order valence-corrected chi connectivity index (χ1v) is 9.93. The minimum Gasteiger partial charge on any atom is -0.384 e. The molecule has 6 nitrogen and oxygen atoms in total. The molecule has 4 rings (SSSR count). The number of benzene rings is 1. The number of carbonyl (C=O) groups is 1. The summed E-state index contributed by atoms with van der Waals surface area (Å²) in [6.45, 7) is 0.532. The fraction of sp³-hybridized carbons (Fsp3) is 0.263. The van der Waals surface area contributed by atoms with Crippen LogP contribution in [0.4, 0.5) is 18.9 Å². The summed E-state index contributed by atoms with van der Waals surface area (Å²) in [5.41, 5.74) is 8.15. The Morgan fingerprint density at radius 1 is 1.24 bits per heavy atom. The van der Waals surface area contributed by atoms with Gasteiger partial charge in [-0.15, -0.1) is 11.3 Å². The van der Waals surface area contributed by atoms with Crippen molar-refractivity contribution in [2.24, 2.45) is 5.92 Å². The normalized spacial score (nSPS) is 16.2. The lowest BCUT2D eigenvalue weighted by Gasteiger charge is -2.21. The van der Waals surface area contributed by atoms with E-state index >= 15 is 0 Å². The third-order valence-electron chi connectivity index (χ3n) is 4.58. The number of nitrogens with zero attached hydrogens (tertiary/aromatic N) is 1. The first-order chi connectivity index (χ1) is 13.9. The number of hydrazine groups is 1. The second-order valence-corrected chi connectivity index (χ2v) is 7.54. The van der Waals surface area contributed by atoms with Gasteiger partial charge < -0.3 is 10.6 Å². The van der Waals surface area contributed by atoms with Gasteiger partial charge in [-0.2, -0.15) is 13.2 Å². The van der Waals surface area contributed by atoms with Gasteiger partial charge in [-0.05, 0) is 43.0 Å². The summed E-state index contributed by atoms with van der Waals surface area (Å²) in [5.74, 6) is 0.496. The average molecular weight is 421 g/mol. The smallest absolute Gasteiger partial charge is 0.384 e. The van der Waals surface area contributed by atoms with Crippen molar-refractivity contribution in [1.29, 1.82) is 0 Å². The Bertz CT molecular complexity index is 965. The highest BCUT2D eigenvalue weighted by Crippen LogP contribution is 2.37. The third-order valence-corrected chi connectivity index (χ3v) is 5.16. The number of halogens is 3. The van der Waals surface area contributed by atoms with Gasteiger partial charge in [0.25, 0.3) is 5.91 Å². The number of anilines is 1. The summed E-state index contributed by atoms with van der Waals surface area (Å²) in [6.07, 6.45) is 0.977. The van der Waals surface area contributed by atoms with Crippen molar-refractivity contribution in [2.45, 2.75) is 19.0 Å². The molecule has 4 N–H and O–H groups in total. The third kappa shape index (κ3) is 4.70. The number of hydrogen-bond donors (Lipinski definition) is 4. The second kappa shape index (κ2) is 7.78. The SMILES string of the molecule is O=C(NC1=CC=C(c2ccc(C(F)(F)F)c(NCC3CC3)c2)NN1)c1cscn1. The lowest BCUT2D eigenvalue weighted by Crippen LogP contribution is -2.40. The molecule has 1 amide bonds. The lowest BCUT2D eigenvalue weighted by atomic mass is 10.1. The molecule has 2 heterocycles. The number of thiazole rings is 1. The molecule has 0 atom stereocenters. The largest absolute Gasteiger partial charge is 0.418 e. The summed E-state index contributed by atoms with van der Waals surface area (Å²) < 4.78 is 39.9. The number of rotatable bonds is 6. The quantitative estimate of drug-likeness (QED) is 0.572. The van der Waals surface area contributed by atoms with Crippen LogP contribution >= 0.6 is 11.3 Å². The first kappa shape index (κ1) is 19.3. The number of amides is 1. The molecule has 1 aliphatic carbocycles. The number of nitrogens with one attached hydrogen (secondary N) is 4. The van der Waals surface area contributed by atoms with E-state index in [-0.39, 0.29) is 11.6 Å². The molecule has 2 aliphatic rings. The van der Waals surface area contributed by atoms with Crippen molar-refractivity contribution in [1.82, 2.24) is 21.2 Å². The maximum absolute atomic E-state index is 13.3. The summed E-state index contributed by atoms with van der Waals surface area (Å²) in [5, 5.41) is 7.23.